The number of hydrogen-bond acceptors (Lipinski definition) is 4. The summed E-state index contributed by atoms with van der Waals surface area (Å²) in [6.07, 6.45) is 0. The average Bonchev–Trinajstić information content (AvgIpc) is 2.47. The highest BCUT2D eigenvalue weighted by Gasteiger charge is 2.19. The molecule has 1 unspecified atom stereocenters. The molecule has 0 saturated heterocycles. The number of rotatable bonds is 3. The second-order valence-electron chi connectivity index (χ2n) is 4.97. The zero-order valence-electron chi connectivity index (χ0n) is 11.9. The van der Waals surface area contributed by atoms with Gasteiger partial charge in [0.1, 0.15) is 0 Å². The predicted octanol–water partition coefficient (Wildman–Crippen LogP) is 2.51. The molecule has 0 aliphatic carbocycles. The molecule has 5 heteroatoms. The Kier molecular flexibility index (Phi) is 4.03. The Bertz CT molecular complexity index is 670. The number of phenolic OH excluding ortho intramolecular Hbond substituents is 2. The van der Waals surface area contributed by atoms with Gasteiger partial charge in [0, 0.05) is 18.3 Å². The van der Waals surface area contributed by atoms with Gasteiger partial charge in [0.2, 0.25) is 0 Å². The maximum Gasteiger partial charge on any atom is 0.254 e. The number of anilines is 1. The van der Waals surface area contributed by atoms with Crippen molar-refractivity contribution in [1.29, 1.82) is 0 Å². The van der Waals surface area contributed by atoms with Crippen molar-refractivity contribution in [2.45, 2.75) is 13.0 Å². The van der Waals surface area contributed by atoms with Crippen LogP contribution in [0.2, 0.25) is 0 Å². The molecule has 0 radical (unpaired) electrons. The third-order valence-corrected chi connectivity index (χ3v) is 3.52. The molecule has 0 aliphatic rings. The predicted molar refractivity (Wildman–Crippen MR) is 81.1 cm³/mol. The lowest BCUT2D eigenvalue weighted by Gasteiger charge is -2.25. The van der Waals surface area contributed by atoms with E-state index in [1.165, 1.54) is 18.2 Å². The summed E-state index contributed by atoms with van der Waals surface area (Å²) in [4.78, 5) is 14.0. The van der Waals surface area contributed by atoms with Crippen molar-refractivity contribution in [3.63, 3.8) is 0 Å². The number of hydrogen-bond donors (Lipinski definition) is 3. The van der Waals surface area contributed by atoms with Gasteiger partial charge >= 0.3 is 0 Å². The normalized spacial score (nSPS) is 11.9. The van der Waals surface area contributed by atoms with Crippen LogP contribution in [-0.4, -0.2) is 28.1 Å². The second-order valence-corrected chi connectivity index (χ2v) is 4.97. The number of nitrogens with two attached hydrogens (primary N) is 1. The van der Waals surface area contributed by atoms with Crippen molar-refractivity contribution >= 4 is 11.6 Å². The Morgan fingerprint density at radius 2 is 1.86 bits per heavy atom. The molecular weight excluding hydrogens is 268 g/mol. The Labute approximate surface area is 123 Å². The summed E-state index contributed by atoms with van der Waals surface area (Å²) in [6, 6.07) is 11.2. The number of benzene rings is 2. The maximum absolute atomic E-state index is 12.4. The largest absolute Gasteiger partial charge is 0.504 e. The molecule has 0 aliphatic heterocycles. The quantitative estimate of drug-likeness (QED) is 0.597. The fraction of sp³-hybridized carbons (Fsp3) is 0.188. The highest BCUT2D eigenvalue weighted by molar-refractivity contribution is 5.95. The zero-order valence-corrected chi connectivity index (χ0v) is 11.9. The first kappa shape index (κ1) is 14.7. The lowest BCUT2D eigenvalue weighted by atomic mass is 10.1. The van der Waals surface area contributed by atoms with Gasteiger partial charge in [-0.05, 0) is 42.8 Å². The molecule has 0 spiro atoms. The van der Waals surface area contributed by atoms with E-state index in [0.29, 0.717) is 11.3 Å². The molecule has 5 nitrogen and oxygen atoms in total. The molecule has 4 N–H and O–H groups in total. The summed E-state index contributed by atoms with van der Waals surface area (Å²) in [5.41, 5.74) is 7.63. The highest BCUT2D eigenvalue weighted by atomic mass is 16.3. The second kappa shape index (κ2) is 5.75. The third kappa shape index (κ3) is 3.08. The number of phenols is 2. The minimum absolute atomic E-state index is 0.169. The van der Waals surface area contributed by atoms with Crippen molar-refractivity contribution in [3.05, 3.63) is 53.6 Å². The summed E-state index contributed by atoms with van der Waals surface area (Å²) < 4.78 is 0. The molecule has 0 fully saturated rings. The molecule has 110 valence electrons. The number of nitrogens with zero attached hydrogens (tertiary/aromatic N) is 1. The van der Waals surface area contributed by atoms with E-state index in [0.717, 1.165) is 5.56 Å². The fourth-order valence-electron chi connectivity index (χ4n) is 2.08. The molecule has 0 saturated carbocycles. The van der Waals surface area contributed by atoms with E-state index in [1.54, 1.807) is 18.0 Å². The molecule has 1 atom stereocenters. The van der Waals surface area contributed by atoms with Crippen LogP contribution in [0.15, 0.2) is 42.5 Å². The summed E-state index contributed by atoms with van der Waals surface area (Å²) in [5, 5.41) is 18.8. The Hall–Kier alpha value is -2.69. The molecular formula is C16H18N2O3. The van der Waals surface area contributed by atoms with E-state index in [9.17, 15) is 15.0 Å². The standard InChI is InChI=1S/C16H18N2O3/c1-10(11-4-3-5-13(17)8-11)18(2)16(21)12-6-7-14(19)15(20)9-12/h3-10,19-20H,17H2,1-2H3. The monoisotopic (exact) mass is 286 g/mol. The molecule has 2 aromatic carbocycles. The average molecular weight is 286 g/mol. The van der Waals surface area contributed by atoms with Crippen LogP contribution in [-0.2, 0) is 0 Å². The molecule has 0 heterocycles. The van der Waals surface area contributed by atoms with Crippen molar-refractivity contribution in [1.82, 2.24) is 4.90 Å². The van der Waals surface area contributed by atoms with Crippen LogP contribution in [0.3, 0.4) is 0 Å². The van der Waals surface area contributed by atoms with Crippen molar-refractivity contribution in [2.75, 3.05) is 12.8 Å². The first-order valence-corrected chi connectivity index (χ1v) is 6.54. The molecule has 0 aromatic heterocycles. The van der Waals surface area contributed by atoms with Crippen LogP contribution in [0.5, 0.6) is 11.5 Å². The van der Waals surface area contributed by atoms with E-state index in [1.807, 2.05) is 25.1 Å². The first-order chi connectivity index (χ1) is 9.90. The lowest BCUT2D eigenvalue weighted by Crippen LogP contribution is -2.29. The van der Waals surface area contributed by atoms with E-state index in [-0.39, 0.29) is 23.4 Å². The van der Waals surface area contributed by atoms with Crippen LogP contribution in [0.25, 0.3) is 0 Å². The van der Waals surface area contributed by atoms with Crippen LogP contribution in [0, 0.1) is 0 Å². The number of carbonyl (C=O) groups is 1. The molecule has 1 amide bonds. The minimum Gasteiger partial charge on any atom is -0.504 e. The Morgan fingerprint density at radius 3 is 2.48 bits per heavy atom. The SMILES string of the molecule is CC(c1cccc(N)c1)N(C)C(=O)c1ccc(O)c(O)c1. The Morgan fingerprint density at radius 1 is 1.14 bits per heavy atom. The van der Waals surface area contributed by atoms with Crippen LogP contribution in [0.1, 0.15) is 28.9 Å². The van der Waals surface area contributed by atoms with Gasteiger partial charge < -0.3 is 20.8 Å². The van der Waals surface area contributed by atoms with Gasteiger partial charge in [0.25, 0.3) is 5.91 Å². The zero-order chi connectivity index (χ0) is 15.6. The van der Waals surface area contributed by atoms with Gasteiger partial charge in [-0.25, -0.2) is 0 Å². The summed E-state index contributed by atoms with van der Waals surface area (Å²) in [6.45, 7) is 1.90. The topological polar surface area (TPSA) is 86.8 Å². The van der Waals surface area contributed by atoms with Gasteiger partial charge in [-0.3, -0.25) is 4.79 Å². The van der Waals surface area contributed by atoms with Gasteiger partial charge in [-0.15, -0.1) is 0 Å². The fourth-order valence-corrected chi connectivity index (χ4v) is 2.08. The first-order valence-electron chi connectivity index (χ1n) is 6.54. The molecule has 2 rings (SSSR count). The molecule has 0 bridgehead atoms. The van der Waals surface area contributed by atoms with Crippen LogP contribution in [0.4, 0.5) is 5.69 Å². The van der Waals surface area contributed by atoms with Gasteiger partial charge in [-0.1, -0.05) is 12.1 Å². The maximum atomic E-state index is 12.4. The smallest absolute Gasteiger partial charge is 0.254 e. The highest BCUT2D eigenvalue weighted by Crippen LogP contribution is 2.27. The number of aromatic hydroxyl groups is 2. The van der Waals surface area contributed by atoms with Gasteiger partial charge in [-0.2, -0.15) is 0 Å². The van der Waals surface area contributed by atoms with E-state index < -0.39 is 0 Å². The molecule has 2 aromatic rings. The van der Waals surface area contributed by atoms with Gasteiger partial charge in [0.05, 0.1) is 6.04 Å². The summed E-state index contributed by atoms with van der Waals surface area (Å²) in [5.74, 6) is -0.816. The lowest BCUT2D eigenvalue weighted by molar-refractivity contribution is 0.0742. The number of nitrogen functional groups attached to an aromatic ring is 1. The van der Waals surface area contributed by atoms with Crippen molar-refractivity contribution < 1.29 is 15.0 Å². The Balaban J connectivity index is 2.24. The summed E-state index contributed by atoms with van der Waals surface area (Å²) in [7, 11) is 1.68. The number of amides is 1. The van der Waals surface area contributed by atoms with Crippen LogP contribution < -0.4 is 5.73 Å². The van der Waals surface area contributed by atoms with Gasteiger partial charge in [0.15, 0.2) is 11.5 Å². The molecule has 21 heavy (non-hydrogen) atoms. The van der Waals surface area contributed by atoms with E-state index in [4.69, 9.17) is 5.73 Å². The number of carbonyl (C=O) groups excluding carboxylic acids is 1. The third-order valence-electron chi connectivity index (χ3n) is 3.52. The van der Waals surface area contributed by atoms with Crippen molar-refractivity contribution in [2.24, 2.45) is 0 Å². The van der Waals surface area contributed by atoms with E-state index >= 15 is 0 Å². The van der Waals surface area contributed by atoms with E-state index in [2.05, 4.69) is 0 Å². The summed E-state index contributed by atoms with van der Waals surface area (Å²) >= 11 is 0. The minimum atomic E-state index is -0.314. The van der Waals surface area contributed by atoms with Crippen LogP contribution >= 0.6 is 0 Å². The van der Waals surface area contributed by atoms with Crippen molar-refractivity contribution in [3.8, 4) is 11.5 Å².